The number of nitrogens with one attached hydrogen (secondary N) is 1. The normalized spacial score (nSPS) is 10.7. The molecule has 6 heteroatoms. The van der Waals surface area contributed by atoms with Crippen molar-refractivity contribution < 1.29 is 14.3 Å². The Morgan fingerprint density at radius 3 is 2.52 bits per heavy atom. The van der Waals surface area contributed by atoms with Gasteiger partial charge >= 0.3 is 0 Å². The maximum atomic E-state index is 12.6. The maximum Gasteiger partial charge on any atom is 0.258 e. The zero-order valence-electron chi connectivity index (χ0n) is 14.6. The largest absolute Gasteiger partial charge is 0.490 e. The van der Waals surface area contributed by atoms with Gasteiger partial charge in [0.2, 0.25) is 5.95 Å². The van der Waals surface area contributed by atoms with E-state index in [1.165, 1.54) is 0 Å². The number of imidazole rings is 1. The predicted molar refractivity (Wildman–Crippen MR) is 97.4 cm³/mol. The molecule has 2 aromatic carbocycles. The van der Waals surface area contributed by atoms with E-state index in [0.29, 0.717) is 36.2 Å². The van der Waals surface area contributed by atoms with Crippen LogP contribution in [0.4, 0.5) is 5.95 Å². The van der Waals surface area contributed by atoms with Crippen LogP contribution in [0.5, 0.6) is 11.5 Å². The number of anilines is 1. The van der Waals surface area contributed by atoms with Gasteiger partial charge in [-0.1, -0.05) is 12.1 Å². The fourth-order valence-corrected chi connectivity index (χ4v) is 2.62. The molecule has 1 heterocycles. The number of ether oxygens (including phenoxy) is 2. The summed E-state index contributed by atoms with van der Waals surface area (Å²) in [6, 6.07) is 12.9. The Bertz CT molecular complexity index is 902. The molecule has 6 nitrogen and oxygen atoms in total. The van der Waals surface area contributed by atoms with Gasteiger partial charge in [-0.15, -0.1) is 0 Å². The highest BCUT2D eigenvalue weighted by atomic mass is 16.5. The Balaban J connectivity index is 1.87. The van der Waals surface area contributed by atoms with Crippen molar-refractivity contribution in [3.63, 3.8) is 0 Å². The first-order valence-electron chi connectivity index (χ1n) is 8.26. The minimum absolute atomic E-state index is 0.248. The fraction of sp³-hybridized carbons (Fsp3) is 0.263. The first-order chi connectivity index (χ1) is 12.1. The van der Waals surface area contributed by atoms with Gasteiger partial charge in [0.15, 0.2) is 11.5 Å². The lowest BCUT2D eigenvalue weighted by atomic mass is 10.2. The third kappa shape index (κ3) is 3.42. The number of benzene rings is 2. The maximum absolute atomic E-state index is 12.6. The lowest BCUT2D eigenvalue weighted by Crippen LogP contribution is -2.15. The van der Waals surface area contributed by atoms with Crippen LogP contribution >= 0.6 is 0 Å². The standard InChI is InChI=1S/C19H21N3O3/c1-4-24-16-11-10-13(12-17(16)25-5-2)18(23)21-19-20-14-8-6-7-9-15(14)22(19)3/h6-12H,4-5H2,1-3H3,(H,20,21,23). The van der Waals surface area contributed by atoms with E-state index >= 15 is 0 Å². The number of amides is 1. The summed E-state index contributed by atoms with van der Waals surface area (Å²) < 4.78 is 13.0. The van der Waals surface area contributed by atoms with Crippen molar-refractivity contribution in [3.05, 3.63) is 48.0 Å². The first-order valence-corrected chi connectivity index (χ1v) is 8.26. The molecule has 0 bridgehead atoms. The number of aromatic nitrogens is 2. The summed E-state index contributed by atoms with van der Waals surface area (Å²) in [5.41, 5.74) is 2.28. The average Bonchev–Trinajstić information content (AvgIpc) is 2.93. The van der Waals surface area contributed by atoms with Gasteiger partial charge in [0.05, 0.1) is 24.2 Å². The zero-order chi connectivity index (χ0) is 17.8. The molecule has 1 amide bonds. The minimum atomic E-state index is -0.248. The van der Waals surface area contributed by atoms with E-state index in [4.69, 9.17) is 9.47 Å². The molecule has 0 saturated heterocycles. The molecule has 0 atom stereocenters. The molecule has 0 unspecified atom stereocenters. The molecule has 0 aliphatic carbocycles. The van der Waals surface area contributed by atoms with Crippen LogP contribution in [0, 0.1) is 0 Å². The van der Waals surface area contributed by atoms with E-state index in [9.17, 15) is 4.79 Å². The van der Waals surface area contributed by atoms with Crippen molar-refractivity contribution in [2.75, 3.05) is 18.5 Å². The van der Waals surface area contributed by atoms with E-state index in [2.05, 4.69) is 10.3 Å². The predicted octanol–water partition coefficient (Wildman–Crippen LogP) is 3.62. The third-order valence-corrected chi connectivity index (χ3v) is 3.82. The molecule has 130 valence electrons. The highest BCUT2D eigenvalue weighted by Crippen LogP contribution is 2.29. The second kappa shape index (κ2) is 7.25. The molecule has 25 heavy (non-hydrogen) atoms. The monoisotopic (exact) mass is 339 g/mol. The lowest BCUT2D eigenvalue weighted by Gasteiger charge is -2.12. The van der Waals surface area contributed by atoms with Gasteiger partial charge in [0.1, 0.15) is 0 Å². The van der Waals surface area contributed by atoms with E-state index in [1.54, 1.807) is 18.2 Å². The van der Waals surface area contributed by atoms with Crippen LogP contribution in [-0.2, 0) is 7.05 Å². The Labute approximate surface area is 146 Å². The van der Waals surface area contributed by atoms with Crippen LogP contribution in [0.3, 0.4) is 0 Å². The number of hydrogen-bond donors (Lipinski definition) is 1. The number of aryl methyl sites for hydroxylation is 1. The molecule has 0 spiro atoms. The molecule has 0 saturated carbocycles. The molecule has 0 aliphatic heterocycles. The Kier molecular flexibility index (Phi) is 4.88. The van der Waals surface area contributed by atoms with E-state index < -0.39 is 0 Å². The van der Waals surface area contributed by atoms with Gasteiger partial charge in [0.25, 0.3) is 5.91 Å². The van der Waals surface area contributed by atoms with Crippen molar-refractivity contribution in [2.45, 2.75) is 13.8 Å². The zero-order valence-corrected chi connectivity index (χ0v) is 14.6. The summed E-state index contributed by atoms with van der Waals surface area (Å²) in [7, 11) is 1.87. The second-order valence-corrected chi connectivity index (χ2v) is 5.46. The van der Waals surface area contributed by atoms with E-state index in [0.717, 1.165) is 11.0 Å². The van der Waals surface area contributed by atoms with Crippen molar-refractivity contribution in [1.29, 1.82) is 0 Å². The van der Waals surface area contributed by atoms with Crippen LogP contribution in [0.25, 0.3) is 11.0 Å². The van der Waals surface area contributed by atoms with Crippen molar-refractivity contribution in [1.82, 2.24) is 9.55 Å². The molecule has 3 aromatic rings. The number of carbonyl (C=O) groups excluding carboxylic acids is 1. The fourth-order valence-electron chi connectivity index (χ4n) is 2.62. The number of hydrogen-bond acceptors (Lipinski definition) is 4. The second-order valence-electron chi connectivity index (χ2n) is 5.46. The van der Waals surface area contributed by atoms with Gasteiger partial charge in [-0.2, -0.15) is 0 Å². The molecule has 1 N–H and O–H groups in total. The van der Waals surface area contributed by atoms with Crippen LogP contribution in [-0.4, -0.2) is 28.7 Å². The Hall–Kier alpha value is -3.02. The number of fused-ring (bicyclic) bond motifs is 1. The van der Waals surface area contributed by atoms with Crippen LogP contribution in [0.1, 0.15) is 24.2 Å². The molecule has 3 rings (SSSR count). The van der Waals surface area contributed by atoms with Crippen LogP contribution < -0.4 is 14.8 Å². The highest BCUT2D eigenvalue weighted by molar-refractivity contribution is 6.04. The van der Waals surface area contributed by atoms with Gasteiger partial charge in [-0.3, -0.25) is 10.1 Å². The number of carbonyl (C=O) groups is 1. The quantitative estimate of drug-likeness (QED) is 0.745. The molecular weight excluding hydrogens is 318 g/mol. The van der Waals surface area contributed by atoms with Gasteiger partial charge in [0, 0.05) is 12.6 Å². The third-order valence-electron chi connectivity index (χ3n) is 3.82. The van der Waals surface area contributed by atoms with Gasteiger partial charge in [-0.05, 0) is 44.2 Å². The van der Waals surface area contributed by atoms with Crippen molar-refractivity contribution in [3.8, 4) is 11.5 Å². The molecule has 0 fully saturated rings. The summed E-state index contributed by atoms with van der Waals surface area (Å²) in [4.78, 5) is 17.1. The number of nitrogens with zero attached hydrogens (tertiary/aromatic N) is 2. The summed E-state index contributed by atoms with van der Waals surface area (Å²) in [6.45, 7) is 4.82. The average molecular weight is 339 g/mol. The number of rotatable bonds is 6. The van der Waals surface area contributed by atoms with Crippen LogP contribution in [0.2, 0.25) is 0 Å². The lowest BCUT2D eigenvalue weighted by molar-refractivity contribution is 0.102. The van der Waals surface area contributed by atoms with Gasteiger partial charge < -0.3 is 14.0 Å². The highest BCUT2D eigenvalue weighted by Gasteiger charge is 2.15. The topological polar surface area (TPSA) is 65.4 Å². The molecule has 0 radical (unpaired) electrons. The molecular formula is C19H21N3O3. The minimum Gasteiger partial charge on any atom is -0.490 e. The van der Waals surface area contributed by atoms with Crippen molar-refractivity contribution in [2.24, 2.45) is 7.05 Å². The Morgan fingerprint density at radius 1 is 1.08 bits per heavy atom. The summed E-state index contributed by atoms with van der Waals surface area (Å²) >= 11 is 0. The van der Waals surface area contributed by atoms with Crippen LogP contribution in [0.15, 0.2) is 42.5 Å². The molecule has 0 aliphatic rings. The SMILES string of the molecule is CCOc1ccc(C(=O)Nc2nc3ccccc3n2C)cc1OCC. The van der Waals surface area contributed by atoms with Gasteiger partial charge in [-0.25, -0.2) is 4.98 Å². The van der Waals surface area contributed by atoms with Crippen molar-refractivity contribution >= 4 is 22.9 Å². The summed E-state index contributed by atoms with van der Waals surface area (Å²) in [5, 5.41) is 2.85. The smallest absolute Gasteiger partial charge is 0.258 e. The first kappa shape index (κ1) is 16.8. The van der Waals surface area contributed by atoms with E-state index in [-0.39, 0.29) is 5.91 Å². The molecule has 1 aromatic heterocycles. The summed E-state index contributed by atoms with van der Waals surface area (Å²) in [6.07, 6.45) is 0. The van der Waals surface area contributed by atoms with E-state index in [1.807, 2.05) is 49.7 Å². The summed E-state index contributed by atoms with van der Waals surface area (Å²) in [5.74, 6) is 1.44. The number of para-hydroxylation sites is 2. The Morgan fingerprint density at radius 2 is 1.80 bits per heavy atom.